The Bertz CT molecular complexity index is 83.1. The molecule has 0 saturated heterocycles. The Morgan fingerprint density at radius 1 is 0.778 bits per heavy atom. The van der Waals surface area contributed by atoms with Gasteiger partial charge in [0.2, 0.25) is 0 Å². The van der Waals surface area contributed by atoms with E-state index in [-0.39, 0.29) is 37.7 Å². The summed E-state index contributed by atoms with van der Waals surface area (Å²) in [6, 6.07) is 0. The molecule has 0 bridgehead atoms. The number of hydrogen-bond acceptors (Lipinski definition) is 0. The summed E-state index contributed by atoms with van der Waals surface area (Å²) >= 11 is 0. The van der Waals surface area contributed by atoms with Gasteiger partial charge >= 0.3 is 37.7 Å². The van der Waals surface area contributed by atoms with Crippen molar-refractivity contribution in [2.45, 2.75) is 27.7 Å². The monoisotopic (exact) mass is 111 g/mol. The van der Waals surface area contributed by atoms with Crippen molar-refractivity contribution in [2.75, 3.05) is 0 Å². The summed E-state index contributed by atoms with van der Waals surface area (Å²) in [5.74, 6) is 0. The summed E-state index contributed by atoms with van der Waals surface area (Å²) in [6.45, 7) is 9.08. The molecule has 1 fully saturated rings. The smallest absolute Gasteiger partial charge is 0.321 e. The van der Waals surface area contributed by atoms with Crippen LogP contribution in [0.3, 0.4) is 0 Å². The predicted octanol–water partition coefficient (Wildman–Crippen LogP) is -3.74. The third-order valence-corrected chi connectivity index (χ3v) is 2.30. The molecule has 0 N–H and O–H groups in total. The Kier molecular flexibility index (Phi) is 4.37. The standard InChI is InChI=1S/C7H13.2Li/c1-6(2)5-7(6,3)4;;/h5H,1-4H3;;/q-1;2*+1. The fourth-order valence-electron chi connectivity index (χ4n) is 0.866. The van der Waals surface area contributed by atoms with Crippen molar-refractivity contribution in [3.63, 3.8) is 0 Å². The van der Waals surface area contributed by atoms with Crippen LogP contribution in [0.1, 0.15) is 27.7 Å². The van der Waals surface area contributed by atoms with Crippen molar-refractivity contribution in [1.29, 1.82) is 0 Å². The van der Waals surface area contributed by atoms with E-state index in [0.717, 1.165) is 0 Å². The first kappa shape index (κ1) is 12.8. The second-order valence-corrected chi connectivity index (χ2v) is 3.59. The minimum absolute atomic E-state index is 0. The predicted molar refractivity (Wildman–Crippen MR) is 31.9 cm³/mol. The first-order chi connectivity index (χ1) is 2.96. The molecule has 9 heavy (non-hydrogen) atoms. The SMILES string of the molecule is CC1(C)[CH-]C1(C)C.[Li+].[Li+]. The first-order valence-corrected chi connectivity index (χ1v) is 2.83. The molecule has 1 aliphatic carbocycles. The second-order valence-electron chi connectivity index (χ2n) is 3.59. The van der Waals surface area contributed by atoms with E-state index in [1.54, 1.807) is 0 Å². The molecule has 0 unspecified atom stereocenters. The molecule has 0 atom stereocenters. The van der Waals surface area contributed by atoms with Crippen molar-refractivity contribution in [3.05, 3.63) is 6.42 Å². The normalized spacial score (nSPS) is 25.3. The third-order valence-electron chi connectivity index (χ3n) is 2.30. The first-order valence-electron chi connectivity index (χ1n) is 2.83. The van der Waals surface area contributed by atoms with E-state index in [1.807, 2.05) is 0 Å². The van der Waals surface area contributed by atoms with Gasteiger partial charge in [0.15, 0.2) is 0 Å². The van der Waals surface area contributed by atoms with Crippen LogP contribution in [0, 0.1) is 17.3 Å². The Balaban J connectivity index is 0. The Morgan fingerprint density at radius 2 is 0.889 bits per heavy atom. The third kappa shape index (κ3) is 2.36. The van der Waals surface area contributed by atoms with E-state index in [4.69, 9.17) is 0 Å². The van der Waals surface area contributed by atoms with Crippen LogP contribution in [-0.2, 0) is 0 Å². The van der Waals surface area contributed by atoms with Gasteiger partial charge in [-0.25, -0.2) is 0 Å². The zero-order valence-corrected chi connectivity index (χ0v) is 7.58. The maximum atomic E-state index is 2.38. The Labute approximate surface area is 82.5 Å². The maximum Gasteiger partial charge on any atom is 1.00 e. The van der Waals surface area contributed by atoms with Gasteiger partial charge in [-0.2, -0.15) is 10.8 Å². The molecule has 0 nitrogen and oxygen atoms in total. The van der Waals surface area contributed by atoms with Crippen molar-refractivity contribution >= 4 is 0 Å². The van der Waals surface area contributed by atoms with Crippen LogP contribution in [0.4, 0.5) is 0 Å². The van der Waals surface area contributed by atoms with Crippen LogP contribution >= 0.6 is 0 Å². The van der Waals surface area contributed by atoms with Crippen molar-refractivity contribution in [3.8, 4) is 0 Å². The van der Waals surface area contributed by atoms with Crippen molar-refractivity contribution < 1.29 is 37.7 Å². The van der Waals surface area contributed by atoms with E-state index >= 15 is 0 Å². The molecule has 1 aliphatic rings. The number of rotatable bonds is 0. The fraction of sp³-hybridized carbons (Fsp3) is 0.857. The van der Waals surface area contributed by atoms with E-state index in [0.29, 0.717) is 10.8 Å². The zero-order valence-electron chi connectivity index (χ0n) is 7.58. The van der Waals surface area contributed by atoms with Crippen LogP contribution in [0.2, 0.25) is 0 Å². The van der Waals surface area contributed by atoms with Gasteiger partial charge in [0.05, 0.1) is 0 Å². The second kappa shape index (κ2) is 3.06. The van der Waals surface area contributed by atoms with E-state index in [1.165, 1.54) is 0 Å². The molecular formula is C7H13Li2+. The zero-order chi connectivity index (χ0) is 5.71. The Morgan fingerprint density at radius 3 is 0.889 bits per heavy atom. The van der Waals surface area contributed by atoms with Crippen LogP contribution in [0.15, 0.2) is 0 Å². The van der Waals surface area contributed by atoms with Crippen LogP contribution in [-0.4, -0.2) is 0 Å². The van der Waals surface area contributed by atoms with Crippen LogP contribution in [0.25, 0.3) is 0 Å². The molecular weight excluding hydrogens is 98.0 g/mol. The number of hydrogen-bond donors (Lipinski definition) is 0. The van der Waals surface area contributed by atoms with Crippen molar-refractivity contribution in [2.24, 2.45) is 10.8 Å². The molecule has 1 saturated carbocycles. The minimum Gasteiger partial charge on any atom is -0.321 e. The molecule has 1 rings (SSSR count). The molecule has 0 amide bonds. The van der Waals surface area contributed by atoms with Crippen LogP contribution < -0.4 is 37.7 Å². The topological polar surface area (TPSA) is 0 Å². The summed E-state index contributed by atoms with van der Waals surface area (Å²) in [4.78, 5) is 0. The van der Waals surface area contributed by atoms with E-state index < -0.39 is 0 Å². The fourth-order valence-corrected chi connectivity index (χ4v) is 0.866. The molecule has 0 aromatic heterocycles. The van der Waals surface area contributed by atoms with Gasteiger partial charge in [-0.05, 0) is 0 Å². The summed E-state index contributed by atoms with van der Waals surface area (Å²) in [6.07, 6.45) is 2.38. The van der Waals surface area contributed by atoms with Gasteiger partial charge in [0.25, 0.3) is 0 Å². The molecule has 42 valence electrons. The van der Waals surface area contributed by atoms with Gasteiger partial charge in [-0.15, -0.1) is 0 Å². The summed E-state index contributed by atoms with van der Waals surface area (Å²) in [5.41, 5.74) is 1.04. The summed E-state index contributed by atoms with van der Waals surface area (Å²) in [7, 11) is 0. The van der Waals surface area contributed by atoms with E-state index in [9.17, 15) is 0 Å². The van der Waals surface area contributed by atoms with Gasteiger partial charge < -0.3 is 6.42 Å². The molecule has 0 aromatic carbocycles. The Hall–Kier alpha value is 1.19. The van der Waals surface area contributed by atoms with Crippen molar-refractivity contribution in [1.82, 2.24) is 0 Å². The van der Waals surface area contributed by atoms with E-state index in [2.05, 4.69) is 34.1 Å². The van der Waals surface area contributed by atoms with Gasteiger partial charge in [0.1, 0.15) is 0 Å². The largest absolute Gasteiger partial charge is 1.00 e. The van der Waals surface area contributed by atoms with Crippen LogP contribution in [0.5, 0.6) is 0 Å². The average Bonchev–Trinajstić information content (AvgIpc) is 1.63. The molecule has 0 aliphatic heterocycles. The molecule has 0 aromatic rings. The minimum atomic E-state index is 0. The molecule has 2 heteroatoms. The van der Waals surface area contributed by atoms with Gasteiger partial charge in [0, 0.05) is 0 Å². The van der Waals surface area contributed by atoms with Gasteiger partial charge in [-0.3, -0.25) is 0 Å². The average molecular weight is 111 g/mol. The summed E-state index contributed by atoms with van der Waals surface area (Å²) < 4.78 is 0. The quantitative estimate of drug-likeness (QED) is 0.223. The maximum absolute atomic E-state index is 2.38. The van der Waals surface area contributed by atoms with Gasteiger partial charge in [-0.1, -0.05) is 27.7 Å². The molecule has 0 heterocycles. The molecule has 0 radical (unpaired) electrons. The summed E-state index contributed by atoms with van der Waals surface area (Å²) in [5, 5.41) is 0. The molecule has 0 spiro atoms.